The van der Waals surface area contributed by atoms with Gasteiger partial charge in [0.05, 0.1) is 0 Å². The van der Waals surface area contributed by atoms with E-state index in [0.29, 0.717) is 11.6 Å². The molecule has 1 aliphatic heterocycles. The molecule has 1 atom stereocenters. The summed E-state index contributed by atoms with van der Waals surface area (Å²) in [7, 11) is 1.74. The normalized spacial score (nSPS) is 15.4. The quantitative estimate of drug-likeness (QED) is 0.893. The Hall–Kier alpha value is -2.04. The lowest BCUT2D eigenvalue weighted by atomic mass is 9.98. The van der Waals surface area contributed by atoms with E-state index in [-0.39, 0.29) is 6.03 Å². The number of aliphatic hydroxyl groups is 1. The lowest BCUT2D eigenvalue weighted by Gasteiger charge is -2.26. The first-order valence-electron chi connectivity index (χ1n) is 6.63. The van der Waals surface area contributed by atoms with Crippen molar-refractivity contribution in [1.29, 1.82) is 0 Å². The highest BCUT2D eigenvalue weighted by atomic mass is 35.5. The first-order valence-corrected chi connectivity index (χ1v) is 7.01. The van der Waals surface area contributed by atoms with Crippen LogP contribution in [0.5, 0.6) is 0 Å². The molecule has 0 saturated carbocycles. The number of carbonyl (C=O) groups excluding carboxylic acids is 1. The molecule has 1 aliphatic rings. The molecule has 3 rings (SSSR count). The topological polar surface area (TPSA) is 52.6 Å². The molecule has 21 heavy (non-hydrogen) atoms. The third-order valence-electron chi connectivity index (χ3n) is 3.63. The molecular weight excluding hydrogens is 288 g/mol. The molecule has 0 bridgehead atoms. The van der Waals surface area contributed by atoms with Crippen molar-refractivity contribution >= 4 is 23.3 Å². The first kappa shape index (κ1) is 13.9. The van der Waals surface area contributed by atoms with Crippen molar-refractivity contribution < 1.29 is 9.90 Å². The van der Waals surface area contributed by atoms with Crippen LogP contribution in [-0.2, 0) is 6.54 Å². The van der Waals surface area contributed by atoms with E-state index in [1.807, 2.05) is 18.2 Å². The molecule has 0 aromatic heterocycles. The lowest BCUT2D eigenvalue weighted by molar-refractivity contribution is 0.217. The van der Waals surface area contributed by atoms with Crippen LogP contribution < -0.4 is 5.32 Å². The van der Waals surface area contributed by atoms with Crippen LogP contribution in [0.15, 0.2) is 42.5 Å². The fourth-order valence-electron chi connectivity index (χ4n) is 2.41. The maximum absolute atomic E-state index is 11.6. The van der Waals surface area contributed by atoms with Gasteiger partial charge in [-0.25, -0.2) is 4.79 Å². The molecule has 0 fully saturated rings. The number of hydrogen-bond donors (Lipinski definition) is 2. The van der Waals surface area contributed by atoms with Gasteiger partial charge in [0.2, 0.25) is 0 Å². The van der Waals surface area contributed by atoms with Gasteiger partial charge >= 0.3 is 6.03 Å². The molecule has 2 N–H and O–H groups in total. The maximum atomic E-state index is 11.6. The summed E-state index contributed by atoms with van der Waals surface area (Å²) >= 11 is 5.86. The molecule has 0 saturated heterocycles. The summed E-state index contributed by atoms with van der Waals surface area (Å²) in [5.74, 6) is 0. The largest absolute Gasteiger partial charge is 0.384 e. The zero-order chi connectivity index (χ0) is 15.0. The fraction of sp³-hybridized carbons (Fsp3) is 0.188. The average molecular weight is 303 g/mol. The van der Waals surface area contributed by atoms with Gasteiger partial charge in [0.25, 0.3) is 0 Å². The van der Waals surface area contributed by atoms with Gasteiger partial charge < -0.3 is 15.3 Å². The molecule has 1 heterocycles. The summed E-state index contributed by atoms with van der Waals surface area (Å²) in [5, 5.41) is 13.9. The Bertz CT molecular complexity index is 685. The van der Waals surface area contributed by atoms with Gasteiger partial charge in [-0.1, -0.05) is 29.8 Å². The lowest BCUT2D eigenvalue weighted by Crippen LogP contribution is -2.35. The van der Waals surface area contributed by atoms with E-state index in [4.69, 9.17) is 11.6 Å². The van der Waals surface area contributed by atoms with Crippen LogP contribution in [0.25, 0.3) is 0 Å². The molecule has 108 valence electrons. The number of anilines is 1. The highest BCUT2D eigenvalue weighted by molar-refractivity contribution is 6.30. The monoisotopic (exact) mass is 302 g/mol. The molecule has 0 radical (unpaired) electrons. The van der Waals surface area contributed by atoms with Crippen LogP contribution >= 0.6 is 11.6 Å². The zero-order valence-electron chi connectivity index (χ0n) is 11.5. The van der Waals surface area contributed by atoms with E-state index in [0.717, 1.165) is 22.4 Å². The molecule has 2 aromatic rings. The fourth-order valence-corrected chi connectivity index (χ4v) is 2.54. The predicted octanol–water partition coefficient (Wildman–Crippen LogP) is 3.40. The number of benzene rings is 2. The molecule has 0 spiro atoms. The number of carbonyl (C=O) groups is 1. The number of nitrogens with one attached hydrogen (secondary N) is 1. The smallest absolute Gasteiger partial charge is 0.321 e. The van der Waals surface area contributed by atoms with Crippen molar-refractivity contribution in [2.24, 2.45) is 0 Å². The third kappa shape index (κ3) is 2.73. The molecule has 0 aliphatic carbocycles. The summed E-state index contributed by atoms with van der Waals surface area (Å²) in [6, 6.07) is 12.6. The highest BCUT2D eigenvalue weighted by Gasteiger charge is 2.20. The van der Waals surface area contributed by atoms with Gasteiger partial charge in [-0.3, -0.25) is 0 Å². The van der Waals surface area contributed by atoms with Gasteiger partial charge in [-0.15, -0.1) is 0 Å². The van der Waals surface area contributed by atoms with Crippen LogP contribution in [0.3, 0.4) is 0 Å². The van der Waals surface area contributed by atoms with E-state index in [2.05, 4.69) is 5.32 Å². The van der Waals surface area contributed by atoms with Crippen molar-refractivity contribution in [1.82, 2.24) is 4.90 Å². The Balaban J connectivity index is 1.91. The summed E-state index contributed by atoms with van der Waals surface area (Å²) in [6.07, 6.45) is -0.712. The molecule has 4 nitrogen and oxygen atoms in total. The molecule has 5 heteroatoms. The first-order chi connectivity index (χ1) is 10.0. The summed E-state index contributed by atoms with van der Waals surface area (Å²) in [5.41, 5.74) is 3.36. The van der Waals surface area contributed by atoms with E-state index in [1.165, 1.54) is 0 Å². The summed E-state index contributed by atoms with van der Waals surface area (Å²) in [4.78, 5) is 13.2. The Kier molecular flexibility index (Phi) is 3.57. The molecule has 2 amide bonds. The number of amides is 2. The van der Waals surface area contributed by atoms with Crippen LogP contribution in [-0.4, -0.2) is 23.1 Å². The van der Waals surface area contributed by atoms with Gasteiger partial charge in [-0.05, 0) is 41.0 Å². The minimum Gasteiger partial charge on any atom is -0.384 e. The maximum Gasteiger partial charge on any atom is 0.321 e. The Labute approximate surface area is 128 Å². The van der Waals surface area contributed by atoms with E-state index in [9.17, 15) is 9.90 Å². The van der Waals surface area contributed by atoms with Gasteiger partial charge in [-0.2, -0.15) is 0 Å². The van der Waals surface area contributed by atoms with Crippen LogP contribution in [0.4, 0.5) is 10.5 Å². The van der Waals surface area contributed by atoms with E-state index < -0.39 is 6.10 Å². The number of urea groups is 1. The average Bonchev–Trinajstić information content (AvgIpc) is 2.48. The zero-order valence-corrected chi connectivity index (χ0v) is 12.3. The van der Waals surface area contributed by atoms with E-state index in [1.54, 1.807) is 36.2 Å². The van der Waals surface area contributed by atoms with Crippen molar-refractivity contribution in [3.8, 4) is 0 Å². The highest BCUT2D eigenvalue weighted by Crippen LogP contribution is 2.29. The van der Waals surface area contributed by atoms with Gasteiger partial charge in [0, 0.05) is 24.3 Å². The van der Waals surface area contributed by atoms with Gasteiger partial charge in [0.1, 0.15) is 6.10 Å². The Morgan fingerprint density at radius 1 is 1.19 bits per heavy atom. The minimum absolute atomic E-state index is 0.117. The SMILES string of the molecule is CN1Cc2cc(C(O)c3ccc(Cl)cc3)ccc2NC1=O. The third-order valence-corrected chi connectivity index (χ3v) is 3.88. The summed E-state index contributed by atoms with van der Waals surface area (Å²) < 4.78 is 0. The minimum atomic E-state index is -0.712. The van der Waals surface area contributed by atoms with Crippen LogP contribution in [0.1, 0.15) is 22.8 Å². The number of hydrogen-bond acceptors (Lipinski definition) is 2. The molecule has 2 aromatic carbocycles. The van der Waals surface area contributed by atoms with Crippen molar-refractivity contribution in [3.63, 3.8) is 0 Å². The predicted molar refractivity (Wildman–Crippen MR) is 82.4 cm³/mol. The Morgan fingerprint density at radius 3 is 2.57 bits per heavy atom. The second-order valence-corrected chi connectivity index (χ2v) is 5.59. The number of halogens is 1. The standard InChI is InChI=1S/C16H15ClN2O2/c1-19-9-12-8-11(4-7-14(12)18-16(19)21)15(20)10-2-5-13(17)6-3-10/h2-8,15,20H,9H2,1H3,(H,18,21). The van der Waals surface area contributed by atoms with Gasteiger partial charge in [0.15, 0.2) is 0 Å². The van der Waals surface area contributed by atoms with Crippen LogP contribution in [0.2, 0.25) is 5.02 Å². The second kappa shape index (κ2) is 5.39. The van der Waals surface area contributed by atoms with Crippen molar-refractivity contribution in [2.75, 3.05) is 12.4 Å². The molecular formula is C16H15ClN2O2. The Morgan fingerprint density at radius 2 is 1.86 bits per heavy atom. The van der Waals surface area contributed by atoms with Crippen molar-refractivity contribution in [3.05, 3.63) is 64.2 Å². The second-order valence-electron chi connectivity index (χ2n) is 5.16. The van der Waals surface area contributed by atoms with E-state index >= 15 is 0 Å². The number of fused-ring (bicyclic) bond motifs is 1. The molecule has 1 unspecified atom stereocenters. The number of nitrogens with zero attached hydrogens (tertiary/aromatic N) is 1. The number of rotatable bonds is 2. The number of aliphatic hydroxyl groups excluding tert-OH is 1. The summed E-state index contributed by atoms with van der Waals surface area (Å²) in [6.45, 7) is 0.530. The van der Waals surface area contributed by atoms with Crippen molar-refractivity contribution in [2.45, 2.75) is 12.6 Å². The van der Waals surface area contributed by atoms with Crippen LogP contribution in [0, 0.1) is 0 Å².